The minimum Gasteiger partial charge on any atom is -0.442 e. The number of carbonyl (C=O) groups excluding carboxylic acids is 2. The molecule has 0 spiro atoms. The molecule has 1 aromatic carbocycles. The highest BCUT2D eigenvalue weighted by Crippen LogP contribution is 2.39. The first-order valence-corrected chi connectivity index (χ1v) is 9.56. The molecule has 0 radical (unpaired) electrons. The minimum absolute atomic E-state index is 0.120. The summed E-state index contributed by atoms with van der Waals surface area (Å²) in [5.41, 5.74) is 4.86. The molecule has 1 N–H and O–H groups in total. The van der Waals surface area contributed by atoms with Gasteiger partial charge in [-0.3, -0.25) is 9.69 Å². The van der Waals surface area contributed by atoms with Crippen LogP contribution in [0.2, 0.25) is 0 Å². The number of carbonyl (C=O) groups is 2. The van der Waals surface area contributed by atoms with E-state index in [9.17, 15) is 9.59 Å². The van der Waals surface area contributed by atoms with E-state index in [-0.39, 0.29) is 23.5 Å². The number of anilines is 1. The van der Waals surface area contributed by atoms with Crippen molar-refractivity contribution in [2.45, 2.75) is 72.3 Å². The first-order chi connectivity index (χ1) is 12.2. The van der Waals surface area contributed by atoms with E-state index in [2.05, 4.69) is 52.1 Å². The minimum atomic E-state index is -0.348. The molecule has 1 fully saturated rings. The van der Waals surface area contributed by atoms with Crippen molar-refractivity contribution < 1.29 is 14.3 Å². The highest BCUT2D eigenvalue weighted by atomic mass is 16.6. The Morgan fingerprint density at radius 1 is 1.31 bits per heavy atom. The molecule has 2 amide bonds. The number of aryl methyl sites for hydroxylation is 2. The molecule has 0 bridgehead atoms. The Bertz CT molecular complexity index is 663. The summed E-state index contributed by atoms with van der Waals surface area (Å²) in [5, 5.41) is 2.71. The van der Waals surface area contributed by atoms with Crippen LogP contribution in [0.1, 0.15) is 63.6 Å². The van der Waals surface area contributed by atoms with Crippen LogP contribution in [0.5, 0.6) is 0 Å². The Morgan fingerprint density at radius 3 is 2.42 bits per heavy atom. The number of nitrogens with zero attached hydrogens (tertiary/aromatic N) is 1. The predicted octanol–water partition coefficient (Wildman–Crippen LogP) is 4.23. The third kappa shape index (κ3) is 4.19. The summed E-state index contributed by atoms with van der Waals surface area (Å²) in [4.78, 5) is 25.0. The molecule has 5 heteroatoms. The molecular weight excluding hydrogens is 328 g/mol. The molecule has 0 aliphatic carbocycles. The molecule has 1 aromatic rings. The van der Waals surface area contributed by atoms with Gasteiger partial charge in [0.05, 0.1) is 13.1 Å². The van der Waals surface area contributed by atoms with Gasteiger partial charge in [-0.25, -0.2) is 4.79 Å². The van der Waals surface area contributed by atoms with Gasteiger partial charge in [0.15, 0.2) is 0 Å². The van der Waals surface area contributed by atoms with Crippen LogP contribution >= 0.6 is 0 Å². The van der Waals surface area contributed by atoms with Crippen molar-refractivity contribution in [2.75, 3.05) is 18.0 Å². The number of ether oxygens (including phenoxy) is 1. The first-order valence-electron chi connectivity index (χ1n) is 9.56. The molecule has 5 nitrogen and oxygen atoms in total. The lowest BCUT2D eigenvalue weighted by atomic mass is 9.73. The summed E-state index contributed by atoms with van der Waals surface area (Å²) in [6.45, 7) is 13.3. The number of nitrogens with one attached hydrogen (secondary N) is 1. The SMILES string of the molecule is CCCC(C)(CC)c1c(C)cc(N2CC(CNC(C)=O)OC2=O)cc1C. The van der Waals surface area contributed by atoms with Crippen molar-refractivity contribution in [3.05, 3.63) is 28.8 Å². The standard InChI is InChI=1S/C21H32N2O3/c1-7-9-21(6,8-2)19-14(3)10-17(11-15(19)4)23-13-18(26-20(23)25)12-22-16(5)24/h10-11,18H,7-9,12-13H2,1-6H3,(H,22,24). The van der Waals surface area contributed by atoms with Gasteiger partial charge in [-0.05, 0) is 60.9 Å². The fourth-order valence-electron chi connectivity index (χ4n) is 4.18. The number of rotatable bonds is 7. The van der Waals surface area contributed by atoms with E-state index < -0.39 is 0 Å². The predicted molar refractivity (Wildman–Crippen MR) is 105 cm³/mol. The first kappa shape index (κ1) is 20.3. The molecular formula is C21H32N2O3. The average Bonchev–Trinajstić information content (AvgIpc) is 2.93. The summed E-state index contributed by atoms with van der Waals surface area (Å²) >= 11 is 0. The number of amides is 2. The van der Waals surface area contributed by atoms with Crippen LogP contribution in [0, 0.1) is 13.8 Å². The summed E-state index contributed by atoms with van der Waals surface area (Å²) in [6.07, 6.45) is 2.72. The van der Waals surface area contributed by atoms with Crippen molar-refractivity contribution in [3.8, 4) is 0 Å². The topological polar surface area (TPSA) is 58.6 Å². The Balaban J connectivity index is 2.27. The van der Waals surface area contributed by atoms with Gasteiger partial charge in [0.2, 0.25) is 5.91 Å². The van der Waals surface area contributed by atoms with E-state index in [1.54, 1.807) is 4.90 Å². The van der Waals surface area contributed by atoms with Gasteiger partial charge in [0.1, 0.15) is 6.10 Å². The van der Waals surface area contributed by atoms with Gasteiger partial charge in [-0.2, -0.15) is 0 Å². The van der Waals surface area contributed by atoms with Crippen molar-refractivity contribution in [1.82, 2.24) is 5.32 Å². The second-order valence-corrected chi connectivity index (χ2v) is 7.67. The zero-order valence-electron chi connectivity index (χ0n) is 16.9. The fraction of sp³-hybridized carbons (Fsp3) is 0.619. The molecule has 144 valence electrons. The summed E-state index contributed by atoms with van der Waals surface area (Å²) < 4.78 is 5.39. The van der Waals surface area contributed by atoms with Crippen LogP contribution in [0.4, 0.5) is 10.5 Å². The van der Waals surface area contributed by atoms with Crippen molar-refractivity contribution in [3.63, 3.8) is 0 Å². The summed E-state index contributed by atoms with van der Waals surface area (Å²) in [7, 11) is 0. The summed E-state index contributed by atoms with van der Waals surface area (Å²) in [6, 6.07) is 4.18. The Labute approximate surface area is 157 Å². The second-order valence-electron chi connectivity index (χ2n) is 7.67. The molecule has 1 saturated heterocycles. The van der Waals surface area contributed by atoms with Gasteiger partial charge in [0, 0.05) is 12.6 Å². The normalized spacial score (nSPS) is 19.2. The lowest BCUT2D eigenvalue weighted by molar-refractivity contribution is -0.119. The van der Waals surface area contributed by atoms with E-state index in [1.807, 2.05) is 0 Å². The van der Waals surface area contributed by atoms with E-state index in [0.717, 1.165) is 24.9 Å². The third-order valence-electron chi connectivity index (χ3n) is 5.47. The molecule has 0 saturated carbocycles. The third-order valence-corrected chi connectivity index (χ3v) is 5.47. The van der Waals surface area contributed by atoms with Crippen LogP contribution in [0.15, 0.2) is 12.1 Å². The Hall–Kier alpha value is -2.04. The van der Waals surface area contributed by atoms with Crippen LogP contribution in [-0.2, 0) is 14.9 Å². The maximum atomic E-state index is 12.3. The molecule has 2 rings (SSSR count). The van der Waals surface area contributed by atoms with Crippen LogP contribution in [-0.4, -0.2) is 31.2 Å². The van der Waals surface area contributed by atoms with E-state index >= 15 is 0 Å². The smallest absolute Gasteiger partial charge is 0.414 e. The molecule has 2 unspecified atom stereocenters. The lowest BCUT2D eigenvalue weighted by Crippen LogP contribution is -2.33. The zero-order valence-corrected chi connectivity index (χ0v) is 16.9. The average molecular weight is 360 g/mol. The summed E-state index contributed by atoms with van der Waals surface area (Å²) in [5.74, 6) is -0.120. The van der Waals surface area contributed by atoms with E-state index in [1.165, 1.54) is 23.6 Å². The van der Waals surface area contributed by atoms with E-state index in [0.29, 0.717) is 13.1 Å². The van der Waals surface area contributed by atoms with Gasteiger partial charge >= 0.3 is 6.09 Å². The highest BCUT2D eigenvalue weighted by molar-refractivity contribution is 5.90. The molecule has 0 aromatic heterocycles. The van der Waals surface area contributed by atoms with Crippen molar-refractivity contribution >= 4 is 17.7 Å². The maximum Gasteiger partial charge on any atom is 0.414 e. The maximum absolute atomic E-state index is 12.3. The quantitative estimate of drug-likeness (QED) is 0.791. The number of benzene rings is 1. The molecule has 1 heterocycles. The van der Waals surface area contributed by atoms with Gasteiger partial charge in [-0.15, -0.1) is 0 Å². The molecule has 1 aliphatic heterocycles. The number of hydrogen-bond donors (Lipinski definition) is 1. The number of cyclic esters (lactones) is 1. The number of hydrogen-bond acceptors (Lipinski definition) is 3. The fourth-order valence-corrected chi connectivity index (χ4v) is 4.18. The Morgan fingerprint density at radius 2 is 1.92 bits per heavy atom. The highest BCUT2D eigenvalue weighted by Gasteiger charge is 2.34. The molecule has 2 atom stereocenters. The monoisotopic (exact) mass is 360 g/mol. The molecule has 26 heavy (non-hydrogen) atoms. The largest absolute Gasteiger partial charge is 0.442 e. The van der Waals surface area contributed by atoms with Gasteiger partial charge < -0.3 is 10.1 Å². The van der Waals surface area contributed by atoms with E-state index in [4.69, 9.17) is 4.74 Å². The van der Waals surface area contributed by atoms with Crippen LogP contribution in [0.3, 0.4) is 0 Å². The van der Waals surface area contributed by atoms with Gasteiger partial charge in [0.25, 0.3) is 0 Å². The van der Waals surface area contributed by atoms with Crippen LogP contribution in [0.25, 0.3) is 0 Å². The van der Waals surface area contributed by atoms with Gasteiger partial charge in [-0.1, -0.05) is 27.2 Å². The zero-order chi connectivity index (χ0) is 19.5. The lowest BCUT2D eigenvalue weighted by Gasteiger charge is -2.33. The van der Waals surface area contributed by atoms with Crippen molar-refractivity contribution in [1.29, 1.82) is 0 Å². The molecule has 1 aliphatic rings. The van der Waals surface area contributed by atoms with Crippen molar-refractivity contribution in [2.24, 2.45) is 0 Å². The Kier molecular flexibility index (Phi) is 6.32. The second kappa shape index (κ2) is 8.11. The van der Waals surface area contributed by atoms with Crippen LogP contribution < -0.4 is 10.2 Å².